The molecule has 1 aliphatic rings. The molecular weight excluding hydrogens is 338 g/mol. The normalized spacial score (nSPS) is 16.1. The van der Waals surface area contributed by atoms with Crippen molar-refractivity contribution in [2.45, 2.75) is 25.4 Å². The Balaban J connectivity index is 1.33. The summed E-state index contributed by atoms with van der Waals surface area (Å²) < 4.78 is 5.65. The van der Waals surface area contributed by atoms with E-state index in [9.17, 15) is 0 Å². The lowest BCUT2D eigenvalue weighted by Crippen LogP contribution is -2.49. The van der Waals surface area contributed by atoms with E-state index >= 15 is 0 Å². The van der Waals surface area contributed by atoms with Gasteiger partial charge in [0, 0.05) is 38.9 Å². The fourth-order valence-electron chi connectivity index (χ4n) is 3.24. The van der Waals surface area contributed by atoms with Crippen molar-refractivity contribution in [1.82, 2.24) is 20.5 Å². The molecule has 0 amide bonds. The minimum absolute atomic E-state index is 0.461. The van der Waals surface area contributed by atoms with Gasteiger partial charge in [0.05, 0.1) is 12.7 Å². The quantitative estimate of drug-likeness (QED) is 0.447. The Morgan fingerprint density at radius 3 is 2.70 bits per heavy atom. The van der Waals surface area contributed by atoms with Gasteiger partial charge in [-0.1, -0.05) is 30.3 Å². The monoisotopic (exact) mass is 367 g/mol. The van der Waals surface area contributed by atoms with E-state index < -0.39 is 0 Å². The first-order chi connectivity index (χ1) is 13.3. The fourth-order valence-corrected chi connectivity index (χ4v) is 3.24. The van der Waals surface area contributed by atoms with Crippen molar-refractivity contribution in [3.8, 4) is 5.75 Å². The maximum atomic E-state index is 5.65. The standard InChI is InChI=1S/C21H29N5O/c1-22-21(24-12-15-27-20-8-5-11-23-16-20)25-19-9-13-26(14-10-19)17-18-6-3-2-4-7-18/h2-8,11,16,19H,9-10,12-15,17H2,1H3,(H2,22,24,25). The lowest BCUT2D eigenvalue weighted by atomic mass is 10.0. The van der Waals surface area contributed by atoms with E-state index in [-0.39, 0.29) is 0 Å². The third-order valence-corrected chi connectivity index (χ3v) is 4.70. The first-order valence-electron chi connectivity index (χ1n) is 9.60. The van der Waals surface area contributed by atoms with Crippen LogP contribution in [0.3, 0.4) is 0 Å². The Hall–Kier alpha value is -2.60. The second kappa shape index (κ2) is 10.5. The molecule has 1 aromatic carbocycles. The predicted octanol–water partition coefficient (Wildman–Crippen LogP) is 2.29. The molecule has 0 aliphatic carbocycles. The number of nitrogens with zero attached hydrogens (tertiary/aromatic N) is 3. The van der Waals surface area contributed by atoms with Gasteiger partial charge >= 0.3 is 0 Å². The summed E-state index contributed by atoms with van der Waals surface area (Å²) in [6, 6.07) is 14.9. The van der Waals surface area contributed by atoms with E-state index in [1.54, 1.807) is 12.4 Å². The molecule has 0 radical (unpaired) electrons. The number of nitrogens with one attached hydrogen (secondary N) is 2. The SMILES string of the molecule is CN=C(NCCOc1cccnc1)NC1CCN(Cc2ccccc2)CC1. The smallest absolute Gasteiger partial charge is 0.191 e. The molecule has 6 heteroatoms. The van der Waals surface area contributed by atoms with Gasteiger partial charge in [-0.3, -0.25) is 14.9 Å². The molecule has 1 fully saturated rings. The van der Waals surface area contributed by atoms with Crippen molar-refractivity contribution in [3.05, 3.63) is 60.4 Å². The van der Waals surface area contributed by atoms with E-state index in [0.717, 1.165) is 44.2 Å². The lowest BCUT2D eigenvalue weighted by Gasteiger charge is -2.33. The van der Waals surface area contributed by atoms with Gasteiger partial charge in [0.2, 0.25) is 0 Å². The van der Waals surface area contributed by atoms with Crippen molar-refractivity contribution in [2.75, 3.05) is 33.3 Å². The Morgan fingerprint density at radius 2 is 2.00 bits per heavy atom. The summed E-state index contributed by atoms with van der Waals surface area (Å²) in [5, 5.41) is 6.85. The molecule has 0 atom stereocenters. The van der Waals surface area contributed by atoms with E-state index in [2.05, 4.69) is 55.8 Å². The van der Waals surface area contributed by atoms with Gasteiger partial charge in [-0.05, 0) is 30.5 Å². The maximum Gasteiger partial charge on any atom is 0.191 e. The molecule has 2 N–H and O–H groups in total. The number of likely N-dealkylation sites (tertiary alicyclic amines) is 1. The maximum absolute atomic E-state index is 5.65. The molecule has 1 aliphatic heterocycles. The number of pyridine rings is 1. The van der Waals surface area contributed by atoms with Crippen LogP contribution in [0.5, 0.6) is 5.75 Å². The molecular formula is C21H29N5O. The molecule has 2 aromatic rings. The highest BCUT2D eigenvalue weighted by Gasteiger charge is 2.19. The molecule has 3 rings (SSSR count). The van der Waals surface area contributed by atoms with E-state index in [0.29, 0.717) is 19.2 Å². The highest BCUT2D eigenvalue weighted by Crippen LogP contribution is 2.13. The molecule has 144 valence electrons. The zero-order chi connectivity index (χ0) is 18.7. The number of hydrogen-bond donors (Lipinski definition) is 2. The van der Waals surface area contributed by atoms with Crippen molar-refractivity contribution in [1.29, 1.82) is 0 Å². The number of ether oxygens (including phenoxy) is 1. The zero-order valence-corrected chi connectivity index (χ0v) is 16.0. The number of guanidine groups is 1. The van der Waals surface area contributed by atoms with Crippen LogP contribution in [0.25, 0.3) is 0 Å². The molecule has 0 bridgehead atoms. The van der Waals surface area contributed by atoms with E-state index in [4.69, 9.17) is 4.74 Å². The number of benzene rings is 1. The lowest BCUT2D eigenvalue weighted by molar-refractivity contribution is 0.198. The number of aromatic nitrogens is 1. The molecule has 0 saturated carbocycles. The Bertz CT molecular complexity index is 684. The average Bonchev–Trinajstić information content (AvgIpc) is 2.73. The first kappa shape index (κ1) is 19.2. The van der Waals surface area contributed by atoms with Gasteiger partial charge in [-0.2, -0.15) is 0 Å². The third-order valence-electron chi connectivity index (χ3n) is 4.70. The van der Waals surface area contributed by atoms with Crippen LogP contribution in [0.4, 0.5) is 0 Å². The van der Waals surface area contributed by atoms with Crippen molar-refractivity contribution >= 4 is 5.96 Å². The van der Waals surface area contributed by atoms with Gasteiger partial charge in [-0.15, -0.1) is 0 Å². The number of piperidine rings is 1. The van der Waals surface area contributed by atoms with Gasteiger partial charge in [0.1, 0.15) is 12.4 Å². The number of hydrogen-bond acceptors (Lipinski definition) is 4. The van der Waals surface area contributed by atoms with Crippen LogP contribution < -0.4 is 15.4 Å². The Kier molecular flexibility index (Phi) is 7.47. The van der Waals surface area contributed by atoms with Crippen LogP contribution >= 0.6 is 0 Å². The second-order valence-electron chi connectivity index (χ2n) is 6.72. The molecule has 0 spiro atoms. The van der Waals surface area contributed by atoms with Crippen LogP contribution in [-0.4, -0.2) is 55.2 Å². The predicted molar refractivity (Wildman–Crippen MR) is 109 cm³/mol. The van der Waals surface area contributed by atoms with E-state index in [1.165, 1.54) is 5.56 Å². The van der Waals surface area contributed by atoms with Crippen molar-refractivity contribution in [2.24, 2.45) is 4.99 Å². The zero-order valence-electron chi connectivity index (χ0n) is 16.0. The summed E-state index contributed by atoms with van der Waals surface area (Å²) in [4.78, 5) is 10.9. The highest BCUT2D eigenvalue weighted by molar-refractivity contribution is 5.79. The Labute approximate surface area is 161 Å². The summed E-state index contributed by atoms with van der Waals surface area (Å²) >= 11 is 0. The summed E-state index contributed by atoms with van der Waals surface area (Å²) in [6.45, 7) is 4.51. The summed E-state index contributed by atoms with van der Waals surface area (Å²) in [7, 11) is 1.81. The van der Waals surface area contributed by atoms with Gasteiger partial charge in [0.25, 0.3) is 0 Å². The van der Waals surface area contributed by atoms with Crippen LogP contribution in [0.1, 0.15) is 18.4 Å². The van der Waals surface area contributed by atoms with Crippen molar-refractivity contribution in [3.63, 3.8) is 0 Å². The largest absolute Gasteiger partial charge is 0.490 e. The van der Waals surface area contributed by atoms with Gasteiger partial charge in [0.15, 0.2) is 5.96 Å². The minimum Gasteiger partial charge on any atom is -0.490 e. The fraction of sp³-hybridized carbons (Fsp3) is 0.429. The second-order valence-corrected chi connectivity index (χ2v) is 6.72. The van der Waals surface area contributed by atoms with Crippen LogP contribution in [-0.2, 0) is 6.54 Å². The number of aliphatic imine (C=N–C) groups is 1. The summed E-state index contributed by atoms with van der Waals surface area (Å²) in [5.41, 5.74) is 1.38. The molecule has 0 unspecified atom stereocenters. The molecule has 1 aromatic heterocycles. The number of rotatable bonds is 7. The van der Waals surface area contributed by atoms with Crippen molar-refractivity contribution < 1.29 is 4.74 Å². The summed E-state index contributed by atoms with van der Waals surface area (Å²) in [6.07, 6.45) is 5.71. The average molecular weight is 367 g/mol. The molecule has 27 heavy (non-hydrogen) atoms. The van der Waals surface area contributed by atoms with Gasteiger partial charge in [-0.25, -0.2) is 0 Å². The van der Waals surface area contributed by atoms with E-state index in [1.807, 2.05) is 19.2 Å². The Morgan fingerprint density at radius 1 is 1.19 bits per heavy atom. The summed E-state index contributed by atoms with van der Waals surface area (Å²) in [5.74, 6) is 1.62. The van der Waals surface area contributed by atoms with Crippen LogP contribution in [0.2, 0.25) is 0 Å². The highest BCUT2D eigenvalue weighted by atomic mass is 16.5. The van der Waals surface area contributed by atoms with Crippen LogP contribution in [0.15, 0.2) is 59.9 Å². The van der Waals surface area contributed by atoms with Gasteiger partial charge < -0.3 is 15.4 Å². The first-order valence-corrected chi connectivity index (χ1v) is 9.60. The minimum atomic E-state index is 0.461. The topological polar surface area (TPSA) is 61.8 Å². The molecule has 2 heterocycles. The third kappa shape index (κ3) is 6.57. The van der Waals surface area contributed by atoms with Crippen LogP contribution in [0, 0.1) is 0 Å². The molecule has 1 saturated heterocycles. The molecule has 6 nitrogen and oxygen atoms in total.